The molecular formula is C18H27N5O2S. The van der Waals surface area contributed by atoms with Crippen LogP contribution in [0.4, 0.5) is 4.79 Å². The van der Waals surface area contributed by atoms with Gasteiger partial charge in [-0.1, -0.05) is 6.42 Å². The van der Waals surface area contributed by atoms with Crippen molar-refractivity contribution in [3.05, 3.63) is 18.0 Å². The number of carbonyl (C=O) groups excluding carboxylic acids is 2. The van der Waals surface area contributed by atoms with Crippen LogP contribution in [0.3, 0.4) is 0 Å². The Kier molecular flexibility index (Phi) is 5.38. The zero-order chi connectivity index (χ0) is 17.9. The maximum atomic E-state index is 12.4. The van der Waals surface area contributed by atoms with E-state index in [-0.39, 0.29) is 18.1 Å². The molecule has 26 heavy (non-hydrogen) atoms. The highest BCUT2D eigenvalue weighted by Crippen LogP contribution is 2.33. The first-order chi connectivity index (χ1) is 12.7. The Labute approximate surface area is 158 Å². The van der Waals surface area contributed by atoms with Crippen molar-refractivity contribution in [3.63, 3.8) is 0 Å². The Hall–Kier alpha value is -1.70. The zero-order valence-electron chi connectivity index (χ0n) is 14.9. The molecule has 0 bridgehead atoms. The fourth-order valence-corrected chi connectivity index (χ4v) is 5.91. The van der Waals surface area contributed by atoms with Gasteiger partial charge in [0.25, 0.3) is 0 Å². The van der Waals surface area contributed by atoms with E-state index in [1.807, 2.05) is 29.1 Å². The van der Waals surface area contributed by atoms with E-state index < -0.39 is 0 Å². The lowest BCUT2D eigenvalue weighted by molar-refractivity contribution is -0.132. The number of fused-ring (bicyclic) bond motifs is 1. The lowest BCUT2D eigenvalue weighted by Gasteiger charge is -2.31. The average Bonchev–Trinajstić information content (AvgIpc) is 3.37. The predicted octanol–water partition coefficient (Wildman–Crippen LogP) is 1.84. The molecule has 8 heteroatoms. The Bertz CT molecular complexity index is 630. The summed E-state index contributed by atoms with van der Waals surface area (Å²) in [5, 5.41) is 13.4. The van der Waals surface area contributed by atoms with Crippen molar-refractivity contribution in [2.24, 2.45) is 0 Å². The number of H-pyrrole nitrogens is 1. The van der Waals surface area contributed by atoms with E-state index >= 15 is 0 Å². The van der Waals surface area contributed by atoms with Crippen LogP contribution in [-0.2, 0) is 4.79 Å². The number of unbranched alkanes of at least 4 members (excludes halogenated alkanes) is 1. The molecule has 0 spiro atoms. The van der Waals surface area contributed by atoms with Gasteiger partial charge in [0.1, 0.15) is 0 Å². The number of carbonyl (C=O) groups is 2. The number of likely N-dealkylation sites (tertiary alicyclic amines) is 1. The predicted molar refractivity (Wildman–Crippen MR) is 101 cm³/mol. The number of thioether (sulfide) groups is 1. The molecule has 1 aromatic rings. The minimum absolute atomic E-state index is 0.0284. The van der Waals surface area contributed by atoms with Gasteiger partial charge in [-0.25, -0.2) is 4.79 Å². The maximum Gasteiger partial charge on any atom is 0.315 e. The Balaban J connectivity index is 1.13. The Morgan fingerprint density at radius 2 is 2.12 bits per heavy atom. The van der Waals surface area contributed by atoms with Crippen molar-refractivity contribution >= 4 is 23.7 Å². The highest BCUT2D eigenvalue weighted by molar-refractivity contribution is 8.00. The van der Waals surface area contributed by atoms with E-state index in [0.717, 1.165) is 50.9 Å². The van der Waals surface area contributed by atoms with Crippen LogP contribution in [0.1, 0.15) is 50.0 Å². The first kappa shape index (κ1) is 17.7. The molecule has 4 heterocycles. The number of aromatic nitrogens is 2. The summed E-state index contributed by atoms with van der Waals surface area (Å²) in [5.74, 6) is 1.82. The minimum atomic E-state index is -0.0284. The second kappa shape index (κ2) is 7.90. The molecule has 0 radical (unpaired) electrons. The topological polar surface area (TPSA) is 90.1 Å². The Morgan fingerprint density at radius 3 is 2.88 bits per heavy atom. The van der Waals surface area contributed by atoms with Gasteiger partial charge in [-0.2, -0.15) is 16.9 Å². The number of piperidine rings is 1. The van der Waals surface area contributed by atoms with E-state index in [2.05, 4.69) is 20.8 Å². The summed E-state index contributed by atoms with van der Waals surface area (Å²) in [6, 6.07) is 0.528. The van der Waals surface area contributed by atoms with E-state index in [4.69, 9.17) is 0 Å². The molecule has 0 aliphatic carbocycles. The number of urea groups is 1. The molecule has 7 nitrogen and oxygen atoms in total. The highest BCUT2D eigenvalue weighted by atomic mass is 32.2. The van der Waals surface area contributed by atoms with Crippen LogP contribution in [0.25, 0.3) is 0 Å². The van der Waals surface area contributed by atoms with Crippen molar-refractivity contribution in [2.75, 3.05) is 18.8 Å². The van der Waals surface area contributed by atoms with Crippen LogP contribution in [0.5, 0.6) is 0 Å². The third-order valence-electron chi connectivity index (χ3n) is 5.91. The molecule has 3 fully saturated rings. The number of amides is 3. The van der Waals surface area contributed by atoms with E-state index in [1.165, 1.54) is 5.56 Å². The summed E-state index contributed by atoms with van der Waals surface area (Å²) in [6.45, 7) is 1.71. The van der Waals surface area contributed by atoms with Crippen molar-refractivity contribution in [3.8, 4) is 0 Å². The quantitative estimate of drug-likeness (QED) is 0.521. The van der Waals surface area contributed by atoms with Gasteiger partial charge in [-0.05, 0) is 37.2 Å². The molecular weight excluding hydrogens is 350 g/mol. The number of rotatable bonds is 6. The minimum Gasteiger partial charge on any atom is -0.343 e. The second-order valence-corrected chi connectivity index (χ2v) is 8.83. The lowest BCUT2D eigenvalue weighted by atomic mass is 9.91. The average molecular weight is 378 g/mol. The smallest absolute Gasteiger partial charge is 0.315 e. The summed E-state index contributed by atoms with van der Waals surface area (Å²) >= 11 is 1.94. The SMILES string of the molecule is O=C1N[C@H]2[C@H](CS[C@H]2CCCCC(=O)N2CCC(c3cn[nH]c3)CC2)N1. The van der Waals surface area contributed by atoms with Gasteiger partial charge >= 0.3 is 6.03 Å². The third kappa shape index (κ3) is 3.84. The van der Waals surface area contributed by atoms with Gasteiger partial charge in [-0.15, -0.1) is 0 Å². The maximum absolute atomic E-state index is 12.4. The largest absolute Gasteiger partial charge is 0.343 e. The molecule has 3 aliphatic rings. The van der Waals surface area contributed by atoms with Crippen LogP contribution in [-0.4, -0.2) is 63.2 Å². The van der Waals surface area contributed by atoms with Crippen LogP contribution < -0.4 is 10.6 Å². The van der Waals surface area contributed by atoms with Crippen LogP contribution >= 0.6 is 11.8 Å². The summed E-state index contributed by atoms with van der Waals surface area (Å²) < 4.78 is 0. The molecule has 142 valence electrons. The first-order valence-corrected chi connectivity index (χ1v) is 10.7. The molecule has 3 aliphatic heterocycles. The Morgan fingerprint density at radius 1 is 1.27 bits per heavy atom. The van der Waals surface area contributed by atoms with Crippen LogP contribution in [0.2, 0.25) is 0 Å². The summed E-state index contributed by atoms with van der Waals surface area (Å²) in [6.07, 6.45) is 9.63. The highest BCUT2D eigenvalue weighted by Gasteiger charge is 2.42. The van der Waals surface area contributed by atoms with Gasteiger partial charge in [0, 0.05) is 36.7 Å². The third-order valence-corrected chi connectivity index (χ3v) is 7.41. The molecule has 3 N–H and O–H groups in total. The summed E-state index contributed by atoms with van der Waals surface area (Å²) in [4.78, 5) is 25.9. The summed E-state index contributed by atoms with van der Waals surface area (Å²) in [5.41, 5.74) is 1.26. The number of hydrogen-bond donors (Lipinski definition) is 3. The van der Waals surface area contributed by atoms with Crippen molar-refractivity contribution in [2.45, 2.75) is 61.8 Å². The first-order valence-electron chi connectivity index (χ1n) is 9.66. The summed E-state index contributed by atoms with van der Waals surface area (Å²) in [7, 11) is 0. The number of nitrogens with zero attached hydrogens (tertiary/aromatic N) is 2. The molecule has 0 aromatic carbocycles. The van der Waals surface area contributed by atoms with E-state index in [0.29, 0.717) is 23.5 Å². The van der Waals surface area contributed by atoms with Crippen LogP contribution in [0.15, 0.2) is 12.4 Å². The standard InChI is InChI=1S/C18H27N5O2S/c24-16(23-7-5-12(6-8-23)13-9-19-20-10-13)4-2-1-3-15-17-14(11-26-15)21-18(25)22-17/h9-10,12,14-15,17H,1-8,11H2,(H,19,20)(H2,21,22,25)/t14-,15-,17-/m0/s1. The number of nitrogens with one attached hydrogen (secondary N) is 3. The van der Waals surface area contributed by atoms with Gasteiger partial charge < -0.3 is 15.5 Å². The fraction of sp³-hybridized carbons (Fsp3) is 0.722. The zero-order valence-corrected chi connectivity index (χ0v) is 15.8. The molecule has 0 saturated carbocycles. The molecule has 0 unspecified atom stereocenters. The normalized spacial score (nSPS) is 28.7. The van der Waals surface area contributed by atoms with Crippen molar-refractivity contribution in [1.82, 2.24) is 25.7 Å². The van der Waals surface area contributed by atoms with Crippen LogP contribution in [0, 0.1) is 0 Å². The van der Waals surface area contributed by atoms with Gasteiger partial charge in [0.2, 0.25) is 5.91 Å². The van der Waals surface area contributed by atoms with Gasteiger partial charge in [0.15, 0.2) is 0 Å². The number of aromatic amines is 1. The van der Waals surface area contributed by atoms with Crippen molar-refractivity contribution in [1.29, 1.82) is 0 Å². The molecule has 3 atom stereocenters. The lowest BCUT2D eigenvalue weighted by Crippen LogP contribution is -2.38. The monoisotopic (exact) mass is 377 g/mol. The molecule has 3 saturated heterocycles. The molecule has 4 rings (SSSR count). The molecule has 1 aromatic heterocycles. The van der Waals surface area contributed by atoms with Crippen molar-refractivity contribution < 1.29 is 9.59 Å². The second-order valence-electron chi connectivity index (χ2n) is 7.55. The van der Waals surface area contributed by atoms with E-state index in [9.17, 15) is 9.59 Å². The van der Waals surface area contributed by atoms with E-state index in [1.54, 1.807) is 0 Å². The van der Waals surface area contributed by atoms with Gasteiger partial charge in [-0.3, -0.25) is 9.89 Å². The molecule has 3 amide bonds. The fourth-order valence-electron chi connectivity index (χ4n) is 4.37. The number of hydrogen-bond acceptors (Lipinski definition) is 4. The van der Waals surface area contributed by atoms with Gasteiger partial charge in [0.05, 0.1) is 18.3 Å².